The number of hydrogen-bond acceptors (Lipinski definition) is 4. The molecule has 0 saturated carbocycles. The minimum Gasteiger partial charge on any atom is -0.452 e. The van der Waals surface area contributed by atoms with E-state index in [1.807, 2.05) is 0 Å². The molecular weight excluding hydrogens is 557 g/mol. The van der Waals surface area contributed by atoms with Crippen LogP contribution in [-0.2, 0) is 0 Å². The van der Waals surface area contributed by atoms with Gasteiger partial charge >= 0.3 is 0 Å². The standard InChI is InChI=1S/C40H24N2OS/c1-2-9-25(10-3-1)28-19-20-35-34(23-28)38-39(43-35)37(41-24-42-38)30-14-7-12-27(22-30)26-11-6-13-29(21-26)31-16-8-17-33-32-15-4-5-18-36(32)44-40(31)33/h1-24H/i1D,2D,3D,4D,5D,6D,7D,8D,9D,10D,11D,12D,13D,14D,15D,16D,17D,18D,22D. The predicted molar refractivity (Wildman–Crippen MR) is 184 cm³/mol. The van der Waals surface area contributed by atoms with Crippen molar-refractivity contribution in [2.45, 2.75) is 0 Å². The fraction of sp³-hybridized carbons (Fsp3) is 0. The monoisotopic (exact) mass is 599 g/mol. The Hall–Kier alpha value is -5.58. The molecule has 3 aromatic heterocycles. The van der Waals surface area contributed by atoms with Crippen LogP contribution in [0.25, 0.3) is 86.9 Å². The van der Waals surface area contributed by atoms with Crippen LogP contribution in [0.5, 0.6) is 0 Å². The SMILES string of the molecule is [2H]c1c(-c2c([2H])c([2H])c([2H])c(-c3ncnc4c3oc3ccc(-c5c([2H])c([2H])c([2H])c([2H])c5[2H])cc34)c2[2H])cc(-c2c([2H])c([2H])c([2H])c3c2sc2c([2H])c([2H])c([2H])c([2H])c23)c([2H])c1[2H]. The normalized spacial score (nSPS) is 17.7. The molecule has 0 aliphatic heterocycles. The van der Waals surface area contributed by atoms with Crippen molar-refractivity contribution in [3.8, 4) is 44.6 Å². The highest BCUT2D eigenvalue weighted by Crippen LogP contribution is 2.41. The molecule has 0 amide bonds. The predicted octanol–water partition coefficient (Wildman–Crippen LogP) is 11.4. The van der Waals surface area contributed by atoms with E-state index >= 15 is 0 Å². The van der Waals surface area contributed by atoms with Crippen LogP contribution in [0.4, 0.5) is 0 Å². The number of nitrogens with zero attached hydrogens (tertiary/aromatic N) is 2. The van der Waals surface area contributed by atoms with E-state index in [1.54, 1.807) is 0 Å². The zero-order valence-electron chi connectivity index (χ0n) is 41.1. The van der Waals surface area contributed by atoms with Gasteiger partial charge in [0.25, 0.3) is 0 Å². The fourth-order valence-electron chi connectivity index (χ4n) is 5.07. The summed E-state index contributed by atoms with van der Waals surface area (Å²) in [5.41, 5.74) is -1.33. The lowest BCUT2D eigenvalue weighted by Gasteiger charge is -2.09. The molecule has 0 bridgehead atoms. The fourth-order valence-corrected chi connectivity index (χ4v) is 6.15. The Morgan fingerprint density at radius 3 is 2.25 bits per heavy atom. The molecule has 206 valence electrons. The van der Waals surface area contributed by atoms with Crippen LogP contribution in [0.15, 0.2) is 150 Å². The third-order valence-corrected chi connectivity index (χ3v) is 8.18. The smallest absolute Gasteiger partial charge is 0.180 e. The second-order valence-corrected chi connectivity index (χ2v) is 10.6. The van der Waals surface area contributed by atoms with E-state index in [-0.39, 0.29) is 75.9 Å². The molecule has 4 heteroatoms. The number of aromatic nitrogens is 2. The molecule has 9 rings (SSSR count). The average molecular weight is 600 g/mol. The average Bonchev–Trinajstić information content (AvgIpc) is 3.85. The van der Waals surface area contributed by atoms with E-state index in [0.717, 1.165) is 23.7 Å². The first-order valence-corrected chi connectivity index (χ1v) is 13.9. The maximum Gasteiger partial charge on any atom is 0.180 e. The summed E-state index contributed by atoms with van der Waals surface area (Å²) in [5, 5.41) is 0.150. The highest BCUT2D eigenvalue weighted by atomic mass is 32.1. The zero-order chi connectivity index (χ0) is 45.6. The second kappa shape index (κ2) is 10.0. The Morgan fingerprint density at radius 1 is 0.568 bits per heavy atom. The highest BCUT2D eigenvalue weighted by Gasteiger charge is 2.17. The van der Waals surface area contributed by atoms with Crippen LogP contribution < -0.4 is 0 Å². The van der Waals surface area contributed by atoms with Crippen molar-refractivity contribution in [1.82, 2.24) is 9.97 Å². The van der Waals surface area contributed by atoms with Gasteiger partial charge in [0.2, 0.25) is 0 Å². The topological polar surface area (TPSA) is 38.9 Å². The Bertz CT molecular complexity index is 3560. The molecule has 0 aliphatic carbocycles. The Kier molecular flexibility index (Phi) is 2.86. The van der Waals surface area contributed by atoms with Gasteiger partial charge in [0.05, 0.1) is 26.0 Å². The number of benzene rings is 6. The van der Waals surface area contributed by atoms with Gasteiger partial charge in [-0.05, 0) is 63.7 Å². The van der Waals surface area contributed by atoms with Crippen LogP contribution in [0.2, 0.25) is 0 Å². The largest absolute Gasteiger partial charge is 0.452 e. The van der Waals surface area contributed by atoms with Crippen LogP contribution >= 0.6 is 11.3 Å². The molecule has 0 aliphatic rings. The molecule has 44 heavy (non-hydrogen) atoms. The summed E-state index contributed by atoms with van der Waals surface area (Å²) in [6.07, 6.45) is 1.10. The molecule has 0 radical (unpaired) electrons. The number of hydrogen-bond donors (Lipinski definition) is 0. The molecule has 9 aromatic rings. The summed E-state index contributed by atoms with van der Waals surface area (Å²) in [4.78, 5) is 8.67. The van der Waals surface area contributed by atoms with E-state index in [2.05, 4.69) is 9.97 Å². The first kappa shape index (κ1) is 12.6. The Labute approximate surface area is 284 Å². The third-order valence-electron chi connectivity index (χ3n) is 7.06. The van der Waals surface area contributed by atoms with Gasteiger partial charge in [-0.2, -0.15) is 0 Å². The number of rotatable bonds is 4. The van der Waals surface area contributed by atoms with E-state index in [9.17, 15) is 1.37 Å². The van der Waals surface area contributed by atoms with Crippen molar-refractivity contribution in [2.75, 3.05) is 0 Å². The molecule has 6 aromatic carbocycles. The summed E-state index contributed by atoms with van der Waals surface area (Å²) in [6.45, 7) is 0. The third kappa shape index (κ3) is 4.03. The molecule has 3 nitrogen and oxygen atoms in total. The summed E-state index contributed by atoms with van der Waals surface area (Å²) in [5.74, 6) is 0. The van der Waals surface area contributed by atoms with Crippen molar-refractivity contribution in [3.63, 3.8) is 0 Å². The lowest BCUT2D eigenvalue weighted by atomic mass is 9.96. The van der Waals surface area contributed by atoms with Gasteiger partial charge in [-0.1, -0.05) is 109 Å². The van der Waals surface area contributed by atoms with Crippen LogP contribution in [0, 0.1) is 0 Å². The van der Waals surface area contributed by atoms with Crippen LogP contribution in [0.1, 0.15) is 26.0 Å². The van der Waals surface area contributed by atoms with Crippen molar-refractivity contribution in [1.29, 1.82) is 0 Å². The number of thiophene rings is 1. The molecular formula is C40H24N2OS. The van der Waals surface area contributed by atoms with Gasteiger partial charge in [-0.15, -0.1) is 11.3 Å². The molecule has 0 spiro atoms. The van der Waals surface area contributed by atoms with E-state index < -0.39 is 120 Å². The van der Waals surface area contributed by atoms with Crippen LogP contribution in [-0.4, -0.2) is 9.97 Å². The lowest BCUT2D eigenvalue weighted by Crippen LogP contribution is -1.88. The lowest BCUT2D eigenvalue weighted by molar-refractivity contribution is 0.667. The van der Waals surface area contributed by atoms with Gasteiger partial charge in [0.1, 0.15) is 23.1 Å². The van der Waals surface area contributed by atoms with Crippen molar-refractivity contribution in [3.05, 3.63) is 145 Å². The Morgan fingerprint density at radius 2 is 1.32 bits per heavy atom. The minimum absolute atomic E-state index is 0.0224. The molecule has 0 atom stereocenters. The summed E-state index contributed by atoms with van der Waals surface area (Å²) in [7, 11) is 0. The molecule has 0 fully saturated rings. The first-order chi connectivity index (χ1) is 29.7. The van der Waals surface area contributed by atoms with Crippen LogP contribution in [0.3, 0.4) is 0 Å². The summed E-state index contributed by atoms with van der Waals surface area (Å²) in [6, 6.07) is -5.33. The number of furan rings is 1. The molecule has 0 saturated heterocycles. The van der Waals surface area contributed by atoms with E-state index in [0.29, 0.717) is 5.39 Å². The first-order valence-electron chi connectivity index (χ1n) is 22.6. The van der Waals surface area contributed by atoms with Gasteiger partial charge in [-0.3, -0.25) is 0 Å². The Balaban J connectivity index is 1.30. The maximum absolute atomic E-state index is 9.48. The van der Waals surface area contributed by atoms with Gasteiger partial charge in [0, 0.05) is 31.1 Å². The minimum atomic E-state index is -0.736. The second-order valence-electron chi connectivity index (χ2n) is 9.57. The molecule has 0 N–H and O–H groups in total. The van der Waals surface area contributed by atoms with E-state index in [4.69, 9.17) is 29.1 Å². The quantitative estimate of drug-likeness (QED) is 0.202. The van der Waals surface area contributed by atoms with E-state index in [1.165, 1.54) is 18.2 Å². The molecule has 0 unspecified atom stereocenters. The van der Waals surface area contributed by atoms with Gasteiger partial charge in [-0.25, -0.2) is 9.97 Å². The summed E-state index contributed by atoms with van der Waals surface area (Å²) >= 11 is 0.798. The van der Waals surface area contributed by atoms with Gasteiger partial charge < -0.3 is 4.42 Å². The van der Waals surface area contributed by atoms with Gasteiger partial charge in [0.15, 0.2) is 5.58 Å². The highest BCUT2D eigenvalue weighted by molar-refractivity contribution is 7.26. The van der Waals surface area contributed by atoms with Crippen molar-refractivity contribution >= 4 is 53.6 Å². The maximum atomic E-state index is 9.48. The number of fused-ring (bicyclic) bond motifs is 6. The van der Waals surface area contributed by atoms with Crippen molar-refractivity contribution < 1.29 is 30.5 Å². The molecule has 3 heterocycles. The summed E-state index contributed by atoms with van der Waals surface area (Å²) < 4.78 is 171. The zero-order valence-corrected chi connectivity index (χ0v) is 22.9. The van der Waals surface area contributed by atoms with Crippen molar-refractivity contribution in [2.24, 2.45) is 0 Å².